The lowest BCUT2D eigenvalue weighted by Crippen LogP contribution is -2.36. The number of aromatic nitrogens is 1. The molecule has 31 heavy (non-hydrogen) atoms. The molecule has 3 amide bonds. The topological polar surface area (TPSA) is 73.8 Å². The molecule has 0 N–H and O–H groups in total. The second-order valence-electron chi connectivity index (χ2n) is 7.39. The summed E-state index contributed by atoms with van der Waals surface area (Å²) in [6.07, 6.45) is 0.463. The van der Waals surface area contributed by atoms with Crippen LogP contribution in [0.1, 0.15) is 23.2 Å². The largest absolute Gasteiger partial charge is 0.308 e. The molecule has 0 bridgehead atoms. The molecule has 1 aromatic heterocycles. The number of halogens is 1. The zero-order valence-corrected chi connectivity index (χ0v) is 18.9. The predicted octanol–water partition coefficient (Wildman–Crippen LogP) is 3.58. The van der Waals surface area contributed by atoms with E-state index in [1.54, 1.807) is 29.2 Å². The van der Waals surface area contributed by atoms with Crippen LogP contribution in [0.4, 0.5) is 10.8 Å². The van der Waals surface area contributed by atoms with Gasteiger partial charge in [0.15, 0.2) is 5.13 Å². The van der Waals surface area contributed by atoms with Crippen molar-refractivity contribution >= 4 is 62.5 Å². The number of hydrogen-bond donors (Lipinski definition) is 0. The lowest BCUT2D eigenvalue weighted by Gasteiger charge is -2.22. The van der Waals surface area contributed by atoms with Gasteiger partial charge in [-0.1, -0.05) is 23.5 Å². The average Bonchev–Trinajstić information content (AvgIpc) is 3.30. The summed E-state index contributed by atoms with van der Waals surface area (Å²) in [6, 6.07) is 14.4. The number of para-hydroxylation sites is 1. The Hall–Kier alpha value is -2.81. The number of likely N-dealkylation sites (N-methyl/N-ethyl adjacent to an activating group) is 1. The van der Waals surface area contributed by atoms with Gasteiger partial charge in [-0.05, 0) is 50.5 Å². The maximum atomic E-state index is 13.3. The van der Waals surface area contributed by atoms with Gasteiger partial charge in [-0.3, -0.25) is 24.2 Å². The molecule has 1 aliphatic heterocycles. The van der Waals surface area contributed by atoms with Crippen LogP contribution in [0, 0.1) is 0 Å². The Morgan fingerprint density at radius 2 is 1.65 bits per heavy atom. The second kappa shape index (κ2) is 9.55. The van der Waals surface area contributed by atoms with Gasteiger partial charge >= 0.3 is 0 Å². The van der Waals surface area contributed by atoms with Gasteiger partial charge < -0.3 is 4.90 Å². The van der Waals surface area contributed by atoms with Crippen LogP contribution in [0.5, 0.6) is 0 Å². The third kappa shape index (κ3) is 4.76. The Bertz CT molecular complexity index is 1060. The quantitative estimate of drug-likeness (QED) is 0.528. The highest BCUT2D eigenvalue weighted by Crippen LogP contribution is 2.30. The average molecular weight is 459 g/mol. The van der Waals surface area contributed by atoms with Crippen LogP contribution >= 0.6 is 23.7 Å². The number of amides is 3. The van der Waals surface area contributed by atoms with Crippen molar-refractivity contribution in [2.75, 3.05) is 37.0 Å². The Morgan fingerprint density at radius 3 is 2.26 bits per heavy atom. The number of imide groups is 1. The monoisotopic (exact) mass is 458 g/mol. The van der Waals surface area contributed by atoms with E-state index in [4.69, 9.17) is 0 Å². The molecule has 0 aliphatic carbocycles. The number of nitrogens with zero attached hydrogens (tertiary/aromatic N) is 4. The van der Waals surface area contributed by atoms with E-state index >= 15 is 0 Å². The molecule has 1 aliphatic rings. The van der Waals surface area contributed by atoms with Crippen molar-refractivity contribution in [3.8, 4) is 0 Å². The normalized spacial score (nSPS) is 13.7. The van der Waals surface area contributed by atoms with E-state index in [-0.39, 0.29) is 43.0 Å². The molecule has 0 atom stereocenters. The minimum Gasteiger partial charge on any atom is -0.308 e. The fourth-order valence-electron chi connectivity index (χ4n) is 3.33. The summed E-state index contributed by atoms with van der Waals surface area (Å²) in [5, 5.41) is 0.650. The SMILES string of the molecule is CN(C)CCN(C(=O)c1ccc(N2C(=O)CCC2=O)cc1)c1nc2ccccc2s1.Cl. The highest BCUT2D eigenvalue weighted by Gasteiger charge is 2.30. The summed E-state index contributed by atoms with van der Waals surface area (Å²) < 4.78 is 1.02. The molecule has 1 fully saturated rings. The van der Waals surface area contributed by atoms with Gasteiger partial charge in [0, 0.05) is 31.5 Å². The Morgan fingerprint density at radius 1 is 1.00 bits per heavy atom. The van der Waals surface area contributed by atoms with Crippen molar-refractivity contribution in [1.82, 2.24) is 9.88 Å². The van der Waals surface area contributed by atoms with Gasteiger partial charge in [0.2, 0.25) is 11.8 Å². The van der Waals surface area contributed by atoms with Gasteiger partial charge in [0.05, 0.1) is 15.9 Å². The molecular weight excluding hydrogens is 436 g/mol. The summed E-state index contributed by atoms with van der Waals surface area (Å²) >= 11 is 1.48. The maximum absolute atomic E-state index is 13.3. The highest BCUT2D eigenvalue weighted by atomic mass is 35.5. The number of hydrogen-bond acceptors (Lipinski definition) is 6. The zero-order valence-electron chi connectivity index (χ0n) is 17.3. The summed E-state index contributed by atoms with van der Waals surface area (Å²) in [5.41, 5.74) is 1.84. The number of rotatable bonds is 6. The van der Waals surface area contributed by atoms with E-state index < -0.39 is 0 Å². The molecule has 7 nitrogen and oxygen atoms in total. The summed E-state index contributed by atoms with van der Waals surface area (Å²) in [5.74, 6) is -0.580. The van der Waals surface area contributed by atoms with Crippen molar-refractivity contribution in [2.24, 2.45) is 0 Å². The molecule has 2 aromatic carbocycles. The van der Waals surface area contributed by atoms with Gasteiger partial charge in [-0.25, -0.2) is 4.98 Å². The van der Waals surface area contributed by atoms with Crippen LogP contribution in [-0.2, 0) is 9.59 Å². The lowest BCUT2D eigenvalue weighted by atomic mass is 10.1. The van der Waals surface area contributed by atoms with Crippen LogP contribution in [-0.4, -0.2) is 54.8 Å². The Labute approximate surface area is 190 Å². The maximum Gasteiger partial charge on any atom is 0.260 e. The first-order chi connectivity index (χ1) is 14.4. The molecule has 0 unspecified atom stereocenters. The van der Waals surface area contributed by atoms with Crippen LogP contribution in [0.25, 0.3) is 10.2 Å². The fourth-order valence-corrected chi connectivity index (χ4v) is 4.32. The zero-order chi connectivity index (χ0) is 21.3. The third-order valence-corrected chi connectivity index (χ3v) is 6.01. The van der Waals surface area contributed by atoms with E-state index in [9.17, 15) is 14.4 Å². The molecule has 9 heteroatoms. The van der Waals surface area contributed by atoms with E-state index in [1.165, 1.54) is 16.2 Å². The van der Waals surface area contributed by atoms with Crippen LogP contribution in [0.3, 0.4) is 0 Å². The van der Waals surface area contributed by atoms with Crippen molar-refractivity contribution < 1.29 is 14.4 Å². The molecule has 1 saturated heterocycles. The molecule has 4 rings (SSSR count). The lowest BCUT2D eigenvalue weighted by molar-refractivity contribution is -0.121. The van der Waals surface area contributed by atoms with Crippen molar-refractivity contribution in [1.29, 1.82) is 0 Å². The first kappa shape index (κ1) is 22.9. The number of thiazole rings is 1. The van der Waals surface area contributed by atoms with E-state index in [0.29, 0.717) is 29.5 Å². The number of carbonyl (C=O) groups is 3. The number of benzene rings is 2. The molecule has 0 radical (unpaired) electrons. The van der Waals surface area contributed by atoms with Crippen molar-refractivity contribution in [2.45, 2.75) is 12.8 Å². The number of anilines is 2. The molecule has 3 aromatic rings. The van der Waals surface area contributed by atoms with Crippen molar-refractivity contribution in [3.63, 3.8) is 0 Å². The highest BCUT2D eigenvalue weighted by molar-refractivity contribution is 7.22. The Kier molecular flexibility index (Phi) is 7.04. The molecule has 162 valence electrons. The number of carbonyl (C=O) groups excluding carboxylic acids is 3. The van der Waals surface area contributed by atoms with Gasteiger partial charge in [-0.2, -0.15) is 0 Å². The predicted molar refractivity (Wildman–Crippen MR) is 125 cm³/mol. The summed E-state index contributed by atoms with van der Waals surface area (Å²) in [6.45, 7) is 1.19. The standard InChI is InChI=1S/C22H22N4O3S.ClH/c1-24(2)13-14-25(22-23-17-5-3-4-6-18(17)30-22)21(29)15-7-9-16(10-8-15)26-19(27)11-12-20(26)28;/h3-10H,11-14H2,1-2H3;1H. The molecule has 2 heterocycles. The van der Waals surface area contributed by atoms with Crippen LogP contribution in [0.15, 0.2) is 48.5 Å². The van der Waals surface area contributed by atoms with Gasteiger partial charge in [0.1, 0.15) is 0 Å². The molecular formula is C22H23ClN4O3S. The minimum absolute atomic E-state index is 0. The molecule has 0 spiro atoms. The molecule has 0 saturated carbocycles. The van der Waals surface area contributed by atoms with E-state index in [1.807, 2.05) is 43.3 Å². The van der Waals surface area contributed by atoms with Crippen molar-refractivity contribution in [3.05, 3.63) is 54.1 Å². The fraction of sp³-hybridized carbons (Fsp3) is 0.273. The van der Waals surface area contributed by atoms with Crippen LogP contribution in [0.2, 0.25) is 0 Å². The van der Waals surface area contributed by atoms with Gasteiger partial charge in [-0.15, -0.1) is 12.4 Å². The smallest absolute Gasteiger partial charge is 0.260 e. The summed E-state index contributed by atoms with van der Waals surface area (Å²) in [4.78, 5) is 46.8. The number of fused-ring (bicyclic) bond motifs is 1. The minimum atomic E-state index is -0.207. The van der Waals surface area contributed by atoms with E-state index in [0.717, 1.165) is 10.2 Å². The third-order valence-electron chi connectivity index (χ3n) is 4.95. The van der Waals surface area contributed by atoms with E-state index in [2.05, 4.69) is 4.98 Å². The first-order valence-corrected chi connectivity index (χ1v) is 10.5. The first-order valence-electron chi connectivity index (χ1n) is 9.72. The van der Waals surface area contributed by atoms with Crippen LogP contribution < -0.4 is 9.80 Å². The summed E-state index contributed by atoms with van der Waals surface area (Å²) in [7, 11) is 3.92. The van der Waals surface area contributed by atoms with Gasteiger partial charge in [0.25, 0.3) is 5.91 Å². The Balaban J connectivity index is 0.00000272. The second-order valence-corrected chi connectivity index (χ2v) is 8.40.